The van der Waals surface area contributed by atoms with Crippen LogP contribution in [-0.4, -0.2) is 37.7 Å². The van der Waals surface area contributed by atoms with Crippen LogP contribution in [0.5, 0.6) is 6.01 Å². The fourth-order valence-corrected chi connectivity index (χ4v) is 1.85. The Bertz CT molecular complexity index is 679. The van der Waals surface area contributed by atoms with Gasteiger partial charge < -0.3 is 9.72 Å². The van der Waals surface area contributed by atoms with Crippen LogP contribution in [0.1, 0.15) is 23.9 Å². The molecule has 2 aromatic rings. The van der Waals surface area contributed by atoms with E-state index in [0.717, 1.165) is 0 Å². The minimum Gasteiger partial charge on any atom is -0.463 e. The smallest absolute Gasteiger partial charge is 0.345 e. The topological polar surface area (TPSA) is 126 Å². The fraction of sp³-hybridized carbons (Fsp3) is 0.417. The van der Waals surface area contributed by atoms with Crippen LogP contribution >= 0.6 is 0 Å². The van der Waals surface area contributed by atoms with E-state index in [0.29, 0.717) is 23.6 Å². The average Bonchev–Trinajstić information content (AvgIpc) is 2.81. The Morgan fingerprint density at radius 2 is 2.10 bits per heavy atom. The van der Waals surface area contributed by atoms with Gasteiger partial charge in [0.15, 0.2) is 0 Å². The monoisotopic (exact) mass is 292 g/mol. The number of aryl methyl sites for hydroxylation is 2. The number of ether oxygens (including phenoxy) is 1. The van der Waals surface area contributed by atoms with Gasteiger partial charge in [-0.3, -0.25) is 10.1 Å². The molecule has 2 rings (SSSR count). The highest BCUT2D eigenvalue weighted by molar-refractivity contribution is 5.90. The van der Waals surface area contributed by atoms with E-state index in [2.05, 4.69) is 30.5 Å². The lowest BCUT2D eigenvalue weighted by Gasteiger charge is -2.07. The van der Waals surface area contributed by atoms with E-state index in [1.807, 2.05) is 6.92 Å². The molecule has 0 aromatic carbocycles. The van der Waals surface area contributed by atoms with Gasteiger partial charge in [-0.1, -0.05) is 0 Å². The summed E-state index contributed by atoms with van der Waals surface area (Å²) in [5.41, 5.74) is 1.40. The van der Waals surface area contributed by atoms with Crippen molar-refractivity contribution in [3.63, 3.8) is 0 Å². The van der Waals surface area contributed by atoms with Crippen molar-refractivity contribution in [3.05, 3.63) is 27.4 Å². The zero-order valence-electron chi connectivity index (χ0n) is 12.0. The maximum atomic E-state index is 12.0. The molecule has 0 aliphatic heterocycles. The number of hydrogen-bond acceptors (Lipinski definition) is 6. The van der Waals surface area contributed by atoms with Gasteiger partial charge in [-0.15, -0.1) is 5.10 Å². The number of hydrogen-bond donors (Lipinski definition) is 3. The molecule has 0 fully saturated rings. The zero-order chi connectivity index (χ0) is 15.4. The molecule has 1 amide bonds. The summed E-state index contributed by atoms with van der Waals surface area (Å²) >= 11 is 0. The van der Waals surface area contributed by atoms with Gasteiger partial charge in [0.1, 0.15) is 0 Å². The van der Waals surface area contributed by atoms with Gasteiger partial charge in [0.25, 0.3) is 0 Å². The van der Waals surface area contributed by atoms with Crippen LogP contribution in [0.3, 0.4) is 0 Å². The van der Waals surface area contributed by atoms with Crippen LogP contribution in [-0.2, 0) is 11.2 Å². The summed E-state index contributed by atoms with van der Waals surface area (Å²) in [6, 6.07) is 0.172. The van der Waals surface area contributed by atoms with Gasteiger partial charge in [-0.25, -0.2) is 9.89 Å². The van der Waals surface area contributed by atoms with Gasteiger partial charge >= 0.3 is 11.7 Å². The largest absolute Gasteiger partial charge is 0.463 e. The number of aromatic nitrogens is 5. The van der Waals surface area contributed by atoms with E-state index in [4.69, 9.17) is 4.74 Å². The summed E-state index contributed by atoms with van der Waals surface area (Å²) in [4.78, 5) is 33.5. The first-order chi connectivity index (χ1) is 9.99. The Hall–Kier alpha value is -2.71. The van der Waals surface area contributed by atoms with Crippen molar-refractivity contribution >= 4 is 11.9 Å². The summed E-state index contributed by atoms with van der Waals surface area (Å²) in [6.07, 6.45) is 0.0755. The number of anilines is 1. The van der Waals surface area contributed by atoms with E-state index in [9.17, 15) is 9.59 Å². The molecule has 112 valence electrons. The van der Waals surface area contributed by atoms with E-state index < -0.39 is 5.69 Å². The molecule has 0 unspecified atom stereocenters. The minimum atomic E-state index is -0.425. The third kappa shape index (κ3) is 3.65. The Kier molecular flexibility index (Phi) is 4.31. The number of carbonyl (C=O) groups excluding carboxylic acids is 1. The lowest BCUT2D eigenvalue weighted by molar-refractivity contribution is -0.115. The third-order valence-corrected chi connectivity index (χ3v) is 2.79. The zero-order valence-corrected chi connectivity index (χ0v) is 12.0. The highest BCUT2D eigenvalue weighted by Crippen LogP contribution is 2.10. The van der Waals surface area contributed by atoms with Crippen molar-refractivity contribution in [2.45, 2.75) is 27.2 Å². The lowest BCUT2D eigenvalue weighted by atomic mass is 10.1. The van der Waals surface area contributed by atoms with Crippen molar-refractivity contribution in [1.82, 2.24) is 25.1 Å². The van der Waals surface area contributed by atoms with Crippen LogP contribution in [0, 0.1) is 13.8 Å². The predicted octanol–water partition coefficient (Wildman–Crippen LogP) is 0.0847. The maximum Gasteiger partial charge on any atom is 0.345 e. The van der Waals surface area contributed by atoms with E-state index in [-0.39, 0.29) is 24.3 Å². The second-order valence-electron chi connectivity index (χ2n) is 4.36. The first kappa shape index (κ1) is 14.7. The molecule has 0 aliphatic rings. The number of amides is 1. The highest BCUT2D eigenvalue weighted by Gasteiger charge is 2.13. The van der Waals surface area contributed by atoms with E-state index in [1.54, 1.807) is 13.8 Å². The van der Waals surface area contributed by atoms with Gasteiger partial charge in [0, 0.05) is 17.0 Å². The van der Waals surface area contributed by atoms with Crippen LogP contribution < -0.4 is 15.7 Å². The summed E-state index contributed by atoms with van der Waals surface area (Å²) in [5, 5.41) is 8.90. The van der Waals surface area contributed by atoms with Crippen molar-refractivity contribution < 1.29 is 9.53 Å². The van der Waals surface area contributed by atoms with Gasteiger partial charge in [0.2, 0.25) is 11.9 Å². The quantitative estimate of drug-likeness (QED) is 0.716. The van der Waals surface area contributed by atoms with E-state index in [1.165, 1.54) is 0 Å². The molecule has 9 heteroatoms. The normalized spacial score (nSPS) is 10.4. The maximum absolute atomic E-state index is 12.0. The second kappa shape index (κ2) is 6.16. The molecule has 0 saturated carbocycles. The Morgan fingerprint density at radius 1 is 1.33 bits per heavy atom. The Morgan fingerprint density at radius 3 is 2.76 bits per heavy atom. The number of nitrogens with zero attached hydrogens (tertiary/aromatic N) is 3. The molecule has 2 aromatic heterocycles. The molecule has 2 heterocycles. The number of aromatic amines is 2. The molecule has 21 heavy (non-hydrogen) atoms. The van der Waals surface area contributed by atoms with Crippen LogP contribution in [0.15, 0.2) is 4.79 Å². The number of H-pyrrole nitrogens is 2. The fourth-order valence-electron chi connectivity index (χ4n) is 1.85. The summed E-state index contributed by atoms with van der Waals surface area (Å²) in [6.45, 7) is 5.66. The molecule has 0 radical (unpaired) electrons. The first-order valence-electron chi connectivity index (χ1n) is 6.41. The van der Waals surface area contributed by atoms with Gasteiger partial charge in [0.05, 0.1) is 13.0 Å². The summed E-state index contributed by atoms with van der Waals surface area (Å²) in [7, 11) is 0. The van der Waals surface area contributed by atoms with Crippen molar-refractivity contribution in [3.8, 4) is 6.01 Å². The minimum absolute atomic E-state index is 0.0755. The number of nitrogens with one attached hydrogen (secondary N) is 3. The van der Waals surface area contributed by atoms with E-state index >= 15 is 0 Å². The lowest BCUT2D eigenvalue weighted by Crippen LogP contribution is -2.21. The Labute approximate surface area is 120 Å². The predicted molar refractivity (Wildman–Crippen MR) is 74.2 cm³/mol. The standard InChI is InChI=1S/C12H16N6O3/c1-4-21-12-16-10(17-18-12)15-9(19)5-8-6(2)13-11(20)14-7(8)3/h4-5H2,1-3H3,(H,13,14,20)(H2,15,16,17,18,19). The van der Waals surface area contributed by atoms with Crippen molar-refractivity contribution in [2.24, 2.45) is 0 Å². The molecule has 0 spiro atoms. The first-order valence-corrected chi connectivity index (χ1v) is 6.41. The average molecular weight is 292 g/mol. The molecular formula is C12H16N6O3. The van der Waals surface area contributed by atoms with Crippen molar-refractivity contribution in [1.29, 1.82) is 0 Å². The molecular weight excluding hydrogens is 276 g/mol. The Balaban J connectivity index is 2.06. The van der Waals surface area contributed by atoms with Crippen LogP contribution in [0.2, 0.25) is 0 Å². The molecule has 3 N–H and O–H groups in total. The SMILES string of the molecule is CCOc1n[nH]c(NC(=O)Cc2c(C)nc(=O)[nH]c2C)n1. The van der Waals surface area contributed by atoms with Crippen molar-refractivity contribution in [2.75, 3.05) is 11.9 Å². The van der Waals surface area contributed by atoms with Gasteiger partial charge in [-0.05, 0) is 20.8 Å². The van der Waals surface area contributed by atoms with Crippen LogP contribution in [0.4, 0.5) is 5.95 Å². The number of rotatable bonds is 5. The second-order valence-corrected chi connectivity index (χ2v) is 4.36. The summed E-state index contributed by atoms with van der Waals surface area (Å²) < 4.78 is 5.08. The summed E-state index contributed by atoms with van der Waals surface area (Å²) in [5.74, 6) is -0.0922. The molecule has 0 bridgehead atoms. The van der Waals surface area contributed by atoms with Crippen LogP contribution in [0.25, 0.3) is 0 Å². The molecule has 0 saturated heterocycles. The third-order valence-electron chi connectivity index (χ3n) is 2.79. The number of carbonyl (C=O) groups is 1. The molecule has 9 nitrogen and oxygen atoms in total. The van der Waals surface area contributed by atoms with Gasteiger partial charge in [-0.2, -0.15) is 9.97 Å². The molecule has 0 aliphatic carbocycles. The molecule has 0 atom stereocenters. The highest BCUT2D eigenvalue weighted by atomic mass is 16.5.